The topological polar surface area (TPSA) is 101 Å². The second-order valence-corrected chi connectivity index (χ2v) is 7.42. The van der Waals surface area contributed by atoms with Crippen molar-refractivity contribution in [2.45, 2.75) is 31.5 Å². The number of sulfonamides is 1. The number of nitro groups is 1. The molecule has 1 aliphatic heterocycles. The smallest absolute Gasteiger partial charge is 0.273 e. The normalized spacial score (nSPS) is 13.2. The van der Waals surface area contributed by atoms with E-state index in [9.17, 15) is 18.5 Å². The van der Waals surface area contributed by atoms with Gasteiger partial charge in [-0.3, -0.25) is 10.1 Å². The maximum Gasteiger partial charge on any atom is 0.273 e. The van der Waals surface area contributed by atoms with E-state index >= 15 is 0 Å². The summed E-state index contributed by atoms with van der Waals surface area (Å²) < 4.78 is 27.5. The molecule has 2 aromatic carbocycles. The fourth-order valence-electron chi connectivity index (χ4n) is 2.81. The van der Waals surface area contributed by atoms with E-state index in [-0.39, 0.29) is 35.1 Å². The zero-order valence-electron chi connectivity index (χ0n) is 13.5. The van der Waals surface area contributed by atoms with Gasteiger partial charge in [0.1, 0.15) is 0 Å². The minimum absolute atomic E-state index is 0. The molecule has 0 unspecified atom stereocenters. The van der Waals surface area contributed by atoms with Gasteiger partial charge in [0.15, 0.2) is 0 Å². The molecule has 1 aliphatic rings. The van der Waals surface area contributed by atoms with Gasteiger partial charge in [0.05, 0.1) is 9.82 Å². The summed E-state index contributed by atoms with van der Waals surface area (Å²) >= 11 is 0. The van der Waals surface area contributed by atoms with Crippen LogP contribution < -0.4 is 10.0 Å². The first-order chi connectivity index (χ1) is 11.4. The lowest BCUT2D eigenvalue weighted by molar-refractivity contribution is -0.385. The van der Waals surface area contributed by atoms with Crippen LogP contribution in [0.4, 0.5) is 5.69 Å². The minimum atomic E-state index is -3.83. The minimum Gasteiger partial charge on any atom is -0.309 e. The van der Waals surface area contributed by atoms with Crippen LogP contribution in [0.15, 0.2) is 41.3 Å². The Labute approximate surface area is 152 Å². The second-order valence-electron chi connectivity index (χ2n) is 5.69. The third kappa shape index (κ3) is 3.98. The predicted octanol–water partition coefficient (Wildman–Crippen LogP) is 2.41. The molecule has 0 amide bonds. The first kappa shape index (κ1) is 19.3. The number of benzene rings is 2. The van der Waals surface area contributed by atoms with E-state index in [4.69, 9.17) is 0 Å². The quantitative estimate of drug-likeness (QED) is 0.609. The summed E-state index contributed by atoms with van der Waals surface area (Å²) in [5.74, 6) is 0. The van der Waals surface area contributed by atoms with Crippen LogP contribution >= 0.6 is 12.4 Å². The number of hydrogen-bond donors (Lipinski definition) is 2. The molecule has 0 saturated heterocycles. The first-order valence-electron chi connectivity index (χ1n) is 7.43. The Kier molecular flexibility index (Phi) is 5.79. The lowest BCUT2D eigenvalue weighted by atomic mass is 10.1. The van der Waals surface area contributed by atoms with E-state index in [1.807, 2.05) is 18.2 Å². The molecular weight excluding hydrogens is 366 g/mol. The zero-order valence-corrected chi connectivity index (χ0v) is 15.1. The fourth-order valence-corrected chi connectivity index (χ4v) is 4.08. The van der Waals surface area contributed by atoms with Crippen LogP contribution in [-0.4, -0.2) is 13.3 Å². The standard InChI is InChI=1S/C16H17N3O4S.ClH/c1-11-15(19(20)21)3-2-4-16(11)24(22,23)18-8-12-5-6-13-9-17-10-14(13)7-12;/h2-7,17-18H,8-10H2,1H3;1H. The molecule has 134 valence electrons. The Hall–Kier alpha value is -2.00. The first-order valence-corrected chi connectivity index (χ1v) is 8.92. The molecule has 0 atom stereocenters. The van der Waals surface area contributed by atoms with Gasteiger partial charge < -0.3 is 5.32 Å². The van der Waals surface area contributed by atoms with E-state index < -0.39 is 14.9 Å². The number of hydrogen-bond acceptors (Lipinski definition) is 5. The van der Waals surface area contributed by atoms with Crippen molar-refractivity contribution < 1.29 is 13.3 Å². The molecule has 0 bridgehead atoms. The molecule has 0 saturated carbocycles. The number of nitro benzene ring substituents is 1. The summed E-state index contributed by atoms with van der Waals surface area (Å²) in [7, 11) is -3.83. The van der Waals surface area contributed by atoms with Crippen molar-refractivity contribution in [3.8, 4) is 0 Å². The van der Waals surface area contributed by atoms with Gasteiger partial charge in [-0.15, -0.1) is 12.4 Å². The molecule has 2 N–H and O–H groups in total. The molecule has 3 rings (SSSR count). The second kappa shape index (κ2) is 7.49. The Bertz CT molecular complexity index is 916. The van der Waals surface area contributed by atoms with Gasteiger partial charge in [-0.1, -0.05) is 24.3 Å². The third-order valence-corrected chi connectivity index (χ3v) is 5.66. The number of halogens is 1. The van der Waals surface area contributed by atoms with Crippen LogP contribution in [0.3, 0.4) is 0 Å². The highest BCUT2D eigenvalue weighted by Gasteiger charge is 2.22. The highest BCUT2D eigenvalue weighted by Crippen LogP contribution is 2.25. The summed E-state index contributed by atoms with van der Waals surface area (Å²) in [6.45, 7) is 3.18. The summed E-state index contributed by atoms with van der Waals surface area (Å²) in [4.78, 5) is 10.3. The summed E-state index contributed by atoms with van der Waals surface area (Å²) in [5, 5.41) is 14.2. The van der Waals surface area contributed by atoms with E-state index in [2.05, 4.69) is 10.0 Å². The maximum atomic E-state index is 12.5. The molecule has 2 aromatic rings. The maximum absolute atomic E-state index is 12.5. The Morgan fingerprint density at radius 2 is 1.92 bits per heavy atom. The van der Waals surface area contributed by atoms with Crippen molar-refractivity contribution in [2.75, 3.05) is 0 Å². The van der Waals surface area contributed by atoms with E-state index in [1.54, 1.807) is 0 Å². The molecule has 0 aromatic heterocycles. The average molecular weight is 384 g/mol. The van der Waals surface area contributed by atoms with Crippen LogP contribution in [0.25, 0.3) is 0 Å². The SMILES string of the molecule is Cc1c([N+](=O)[O-])cccc1S(=O)(=O)NCc1ccc2c(c1)CNC2.Cl. The van der Waals surface area contributed by atoms with Crippen molar-refractivity contribution in [3.05, 3.63) is 68.8 Å². The van der Waals surface area contributed by atoms with Crippen LogP contribution in [0.5, 0.6) is 0 Å². The van der Waals surface area contributed by atoms with Crippen molar-refractivity contribution in [1.29, 1.82) is 0 Å². The highest BCUT2D eigenvalue weighted by molar-refractivity contribution is 7.89. The van der Waals surface area contributed by atoms with Gasteiger partial charge in [0, 0.05) is 31.3 Å². The van der Waals surface area contributed by atoms with Gasteiger partial charge in [-0.05, 0) is 29.7 Å². The van der Waals surface area contributed by atoms with Gasteiger partial charge in [-0.2, -0.15) is 0 Å². The molecular formula is C16H18ClN3O4S. The predicted molar refractivity (Wildman–Crippen MR) is 96.1 cm³/mol. The molecule has 0 spiro atoms. The van der Waals surface area contributed by atoms with Crippen LogP contribution in [0, 0.1) is 17.0 Å². The molecule has 1 heterocycles. The molecule has 0 fully saturated rings. The molecule has 7 nitrogen and oxygen atoms in total. The third-order valence-electron chi connectivity index (χ3n) is 4.11. The Balaban J connectivity index is 0.00000225. The highest BCUT2D eigenvalue weighted by atomic mass is 35.5. The number of nitrogens with zero attached hydrogens (tertiary/aromatic N) is 1. The van der Waals surface area contributed by atoms with Gasteiger partial charge >= 0.3 is 0 Å². The van der Waals surface area contributed by atoms with Crippen LogP contribution in [-0.2, 0) is 29.7 Å². The van der Waals surface area contributed by atoms with Crippen molar-refractivity contribution in [2.24, 2.45) is 0 Å². The molecule has 9 heteroatoms. The van der Waals surface area contributed by atoms with Gasteiger partial charge in [0.2, 0.25) is 10.0 Å². The largest absolute Gasteiger partial charge is 0.309 e. The zero-order chi connectivity index (χ0) is 17.3. The van der Waals surface area contributed by atoms with Crippen molar-refractivity contribution in [3.63, 3.8) is 0 Å². The molecule has 0 radical (unpaired) electrons. The monoisotopic (exact) mass is 383 g/mol. The fraction of sp³-hybridized carbons (Fsp3) is 0.250. The number of nitrogens with one attached hydrogen (secondary N) is 2. The van der Waals surface area contributed by atoms with Gasteiger partial charge in [0.25, 0.3) is 5.69 Å². The Morgan fingerprint density at radius 3 is 2.64 bits per heavy atom. The summed E-state index contributed by atoms with van der Waals surface area (Å²) in [6, 6.07) is 9.88. The lowest BCUT2D eigenvalue weighted by Gasteiger charge is -2.10. The van der Waals surface area contributed by atoms with Gasteiger partial charge in [-0.25, -0.2) is 13.1 Å². The summed E-state index contributed by atoms with van der Waals surface area (Å²) in [5.41, 5.74) is 3.16. The van der Waals surface area contributed by atoms with E-state index in [0.29, 0.717) is 0 Å². The number of fused-ring (bicyclic) bond motifs is 1. The van der Waals surface area contributed by atoms with Crippen LogP contribution in [0.2, 0.25) is 0 Å². The van der Waals surface area contributed by atoms with Crippen molar-refractivity contribution in [1.82, 2.24) is 10.0 Å². The Morgan fingerprint density at radius 1 is 1.20 bits per heavy atom. The van der Waals surface area contributed by atoms with Crippen molar-refractivity contribution >= 4 is 28.1 Å². The number of rotatable bonds is 5. The lowest BCUT2D eigenvalue weighted by Crippen LogP contribution is -2.24. The molecule has 25 heavy (non-hydrogen) atoms. The van der Waals surface area contributed by atoms with Crippen LogP contribution in [0.1, 0.15) is 22.3 Å². The average Bonchev–Trinajstić information content (AvgIpc) is 3.00. The summed E-state index contributed by atoms with van der Waals surface area (Å²) in [6.07, 6.45) is 0. The van der Waals surface area contributed by atoms with E-state index in [1.165, 1.54) is 36.2 Å². The molecule has 0 aliphatic carbocycles. The van der Waals surface area contributed by atoms with E-state index in [0.717, 1.165) is 18.7 Å².